The molecule has 2 unspecified atom stereocenters. The number of hydrogen-bond acceptors (Lipinski definition) is 3. The molecule has 1 fully saturated rings. The van der Waals surface area contributed by atoms with E-state index < -0.39 is 10.0 Å². The van der Waals surface area contributed by atoms with Gasteiger partial charge in [0, 0.05) is 12.2 Å². The van der Waals surface area contributed by atoms with E-state index >= 15 is 0 Å². The standard InChI is InChI=1S/C14H21ClN2O2S/c1-10(2)12-5-3-4-6-13(12)17-20(18,19)11-7-8-14(15)16-9-11/h7-10,12-13,17H,3-6H2,1-2H3. The number of sulfonamides is 1. The molecule has 20 heavy (non-hydrogen) atoms. The molecular formula is C14H21ClN2O2S. The second-order valence-corrected chi connectivity index (χ2v) is 7.84. The summed E-state index contributed by atoms with van der Waals surface area (Å²) in [5, 5.41) is 0.293. The zero-order chi connectivity index (χ0) is 14.8. The number of nitrogens with zero attached hydrogens (tertiary/aromatic N) is 1. The third-order valence-electron chi connectivity index (χ3n) is 3.99. The van der Waals surface area contributed by atoms with Crippen LogP contribution >= 0.6 is 11.6 Å². The third-order valence-corrected chi connectivity index (χ3v) is 5.69. The second-order valence-electron chi connectivity index (χ2n) is 5.74. The Balaban J connectivity index is 2.16. The SMILES string of the molecule is CC(C)C1CCCCC1NS(=O)(=O)c1ccc(Cl)nc1. The van der Waals surface area contributed by atoms with Crippen molar-refractivity contribution in [2.45, 2.75) is 50.5 Å². The molecule has 1 aliphatic carbocycles. The van der Waals surface area contributed by atoms with E-state index in [1.165, 1.54) is 24.8 Å². The lowest BCUT2D eigenvalue weighted by atomic mass is 9.78. The Morgan fingerprint density at radius 2 is 2.00 bits per heavy atom. The highest BCUT2D eigenvalue weighted by Crippen LogP contribution is 2.31. The molecule has 1 N–H and O–H groups in total. The molecule has 0 saturated heterocycles. The van der Waals surface area contributed by atoms with Gasteiger partial charge in [-0.15, -0.1) is 0 Å². The van der Waals surface area contributed by atoms with Gasteiger partial charge >= 0.3 is 0 Å². The quantitative estimate of drug-likeness (QED) is 0.868. The Bertz CT molecular complexity index is 543. The highest BCUT2D eigenvalue weighted by Gasteiger charge is 2.31. The first kappa shape index (κ1) is 15.7. The van der Waals surface area contributed by atoms with Crippen LogP contribution in [0.1, 0.15) is 39.5 Å². The van der Waals surface area contributed by atoms with Gasteiger partial charge in [-0.05, 0) is 36.8 Å². The van der Waals surface area contributed by atoms with Crippen LogP contribution in [0, 0.1) is 11.8 Å². The fourth-order valence-electron chi connectivity index (χ4n) is 2.89. The molecule has 1 aliphatic rings. The van der Waals surface area contributed by atoms with Crippen molar-refractivity contribution in [2.24, 2.45) is 11.8 Å². The Labute approximate surface area is 126 Å². The zero-order valence-corrected chi connectivity index (χ0v) is 13.4. The molecule has 0 bridgehead atoms. The van der Waals surface area contributed by atoms with Crippen LogP contribution in [0.25, 0.3) is 0 Å². The van der Waals surface area contributed by atoms with Crippen LogP contribution in [0.15, 0.2) is 23.2 Å². The molecule has 0 aliphatic heterocycles. The largest absolute Gasteiger partial charge is 0.243 e. The minimum absolute atomic E-state index is 0.0180. The minimum Gasteiger partial charge on any atom is -0.243 e. The maximum Gasteiger partial charge on any atom is 0.242 e. The molecule has 1 saturated carbocycles. The van der Waals surface area contributed by atoms with Crippen molar-refractivity contribution >= 4 is 21.6 Å². The van der Waals surface area contributed by atoms with Gasteiger partial charge in [-0.2, -0.15) is 0 Å². The number of pyridine rings is 1. The van der Waals surface area contributed by atoms with Crippen LogP contribution in [0.3, 0.4) is 0 Å². The lowest BCUT2D eigenvalue weighted by Crippen LogP contribution is -2.43. The summed E-state index contributed by atoms with van der Waals surface area (Å²) >= 11 is 5.69. The number of halogens is 1. The van der Waals surface area contributed by atoms with E-state index in [1.54, 1.807) is 0 Å². The molecule has 1 aromatic rings. The molecule has 0 aromatic carbocycles. The number of rotatable bonds is 4. The molecule has 112 valence electrons. The summed E-state index contributed by atoms with van der Waals surface area (Å²) < 4.78 is 27.6. The summed E-state index contributed by atoms with van der Waals surface area (Å²) in [5.74, 6) is 0.880. The Hall–Kier alpha value is -0.650. The summed E-state index contributed by atoms with van der Waals surface area (Å²) in [6.07, 6.45) is 5.56. The van der Waals surface area contributed by atoms with Crippen molar-refractivity contribution in [3.05, 3.63) is 23.5 Å². The number of aromatic nitrogens is 1. The summed E-state index contributed by atoms with van der Waals surface area (Å²) in [7, 11) is -3.51. The van der Waals surface area contributed by atoms with Gasteiger partial charge in [0.1, 0.15) is 10.0 Å². The molecular weight excluding hydrogens is 296 g/mol. The van der Waals surface area contributed by atoms with Gasteiger partial charge < -0.3 is 0 Å². The zero-order valence-electron chi connectivity index (χ0n) is 11.8. The van der Waals surface area contributed by atoms with E-state index in [1.807, 2.05) is 0 Å². The topological polar surface area (TPSA) is 59.1 Å². The maximum atomic E-state index is 12.4. The van der Waals surface area contributed by atoms with Gasteiger partial charge in [-0.25, -0.2) is 18.1 Å². The van der Waals surface area contributed by atoms with Crippen molar-refractivity contribution in [1.82, 2.24) is 9.71 Å². The summed E-state index contributed by atoms with van der Waals surface area (Å²) in [5.41, 5.74) is 0. The van der Waals surface area contributed by atoms with Gasteiger partial charge in [0.15, 0.2) is 0 Å². The molecule has 2 atom stereocenters. The first-order chi connectivity index (χ1) is 9.40. The monoisotopic (exact) mass is 316 g/mol. The van der Waals surface area contributed by atoms with Crippen molar-refractivity contribution in [2.75, 3.05) is 0 Å². The molecule has 1 heterocycles. The van der Waals surface area contributed by atoms with Gasteiger partial charge in [0.25, 0.3) is 0 Å². The molecule has 0 amide bonds. The average molecular weight is 317 g/mol. The summed E-state index contributed by atoms with van der Waals surface area (Å²) in [6, 6.07) is 3.01. The highest BCUT2D eigenvalue weighted by molar-refractivity contribution is 7.89. The molecule has 2 rings (SSSR count). The number of nitrogens with one attached hydrogen (secondary N) is 1. The van der Waals surface area contributed by atoms with E-state index in [2.05, 4.69) is 23.6 Å². The summed E-state index contributed by atoms with van der Waals surface area (Å²) in [4.78, 5) is 4.01. The first-order valence-corrected chi connectivity index (χ1v) is 8.90. The van der Waals surface area contributed by atoms with Crippen molar-refractivity contribution in [3.63, 3.8) is 0 Å². The van der Waals surface area contributed by atoms with Gasteiger partial charge in [0.05, 0.1) is 0 Å². The van der Waals surface area contributed by atoms with Crippen LogP contribution in [-0.2, 0) is 10.0 Å². The Morgan fingerprint density at radius 3 is 2.60 bits per heavy atom. The second kappa shape index (κ2) is 6.41. The van der Waals surface area contributed by atoms with Crippen LogP contribution < -0.4 is 4.72 Å². The molecule has 4 nitrogen and oxygen atoms in total. The van der Waals surface area contributed by atoms with Crippen molar-refractivity contribution in [3.8, 4) is 0 Å². The van der Waals surface area contributed by atoms with Gasteiger partial charge in [-0.1, -0.05) is 38.3 Å². The minimum atomic E-state index is -3.51. The fraction of sp³-hybridized carbons (Fsp3) is 0.643. The van der Waals surface area contributed by atoms with Crippen molar-refractivity contribution < 1.29 is 8.42 Å². The molecule has 1 aromatic heterocycles. The van der Waals surface area contributed by atoms with Gasteiger partial charge in [-0.3, -0.25) is 0 Å². The highest BCUT2D eigenvalue weighted by atomic mass is 35.5. The van der Waals surface area contributed by atoms with E-state index in [0.717, 1.165) is 19.3 Å². The van der Waals surface area contributed by atoms with E-state index in [9.17, 15) is 8.42 Å². The van der Waals surface area contributed by atoms with Crippen LogP contribution in [0.2, 0.25) is 5.15 Å². The average Bonchev–Trinajstić information content (AvgIpc) is 2.39. The molecule has 6 heteroatoms. The van der Waals surface area contributed by atoms with E-state index in [0.29, 0.717) is 17.0 Å². The Morgan fingerprint density at radius 1 is 1.30 bits per heavy atom. The Kier molecular flexibility index (Phi) is 5.04. The molecule has 0 radical (unpaired) electrons. The van der Waals surface area contributed by atoms with Crippen LogP contribution in [0.5, 0.6) is 0 Å². The van der Waals surface area contributed by atoms with E-state index in [-0.39, 0.29) is 10.9 Å². The molecule has 0 spiro atoms. The fourth-order valence-corrected chi connectivity index (χ4v) is 4.27. The summed E-state index contributed by atoms with van der Waals surface area (Å²) in [6.45, 7) is 4.31. The maximum absolute atomic E-state index is 12.4. The lowest BCUT2D eigenvalue weighted by molar-refractivity contribution is 0.226. The predicted octanol–water partition coefficient (Wildman–Crippen LogP) is 3.23. The van der Waals surface area contributed by atoms with Crippen LogP contribution in [-0.4, -0.2) is 19.4 Å². The smallest absolute Gasteiger partial charge is 0.242 e. The van der Waals surface area contributed by atoms with Crippen molar-refractivity contribution in [1.29, 1.82) is 0 Å². The normalized spacial score (nSPS) is 24.0. The lowest BCUT2D eigenvalue weighted by Gasteiger charge is -2.34. The van der Waals surface area contributed by atoms with Crippen LogP contribution in [0.4, 0.5) is 0 Å². The first-order valence-electron chi connectivity index (χ1n) is 7.04. The predicted molar refractivity (Wildman–Crippen MR) is 80.2 cm³/mol. The van der Waals surface area contributed by atoms with E-state index in [4.69, 9.17) is 11.6 Å². The van der Waals surface area contributed by atoms with Gasteiger partial charge in [0.2, 0.25) is 10.0 Å². The number of hydrogen-bond donors (Lipinski definition) is 1. The third kappa shape index (κ3) is 3.71.